The molecule has 0 spiro atoms. The molecule has 2 fully saturated rings. The molecule has 0 N–H and O–H groups in total. The Kier molecular flexibility index (Phi) is 6.99. The molecule has 1 amide bonds. The highest BCUT2D eigenvalue weighted by Gasteiger charge is 2.35. The summed E-state index contributed by atoms with van der Waals surface area (Å²) in [6.07, 6.45) is 5.13. The summed E-state index contributed by atoms with van der Waals surface area (Å²) in [6, 6.07) is 7.49. The number of nitrogens with zero attached hydrogens (tertiary/aromatic N) is 2. The number of rotatable bonds is 7. The Labute approximate surface area is 193 Å². The average molecular weight is 479 g/mol. The van der Waals surface area contributed by atoms with Crippen LogP contribution in [0.25, 0.3) is 0 Å². The molecule has 0 radical (unpaired) electrons. The Morgan fingerprint density at radius 3 is 2.36 bits per heavy atom. The second-order valence-electron chi connectivity index (χ2n) is 8.58. The van der Waals surface area contributed by atoms with Crippen LogP contribution >= 0.6 is 0 Å². The molecule has 9 heteroatoms. The predicted octanol–water partition coefficient (Wildman–Crippen LogP) is 4.34. The van der Waals surface area contributed by atoms with Crippen LogP contribution in [-0.2, 0) is 16.6 Å². The van der Waals surface area contributed by atoms with Crippen molar-refractivity contribution >= 4 is 15.9 Å². The molecular formula is C24H28F2N2O4S. The van der Waals surface area contributed by atoms with E-state index in [1.165, 1.54) is 40.6 Å². The summed E-state index contributed by atoms with van der Waals surface area (Å²) in [7, 11) is -2.35. The monoisotopic (exact) mass is 478 g/mol. The highest BCUT2D eigenvalue weighted by molar-refractivity contribution is 7.89. The molecule has 1 saturated heterocycles. The number of ether oxygens (including phenoxy) is 1. The Hall–Kier alpha value is -2.52. The van der Waals surface area contributed by atoms with Crippen molar-refractivity contribution in [3.63, 3.8) is 0 Å². The summed E-state index contributed by atoms with van der Waals surface area (Å²) < 4.78 is 61.0. The number of amides is 1. The van der Waals surface area contributed by atoms with Gasteiger partial charge in [0.1, 0.15) is 17.4 Å². The molecular weight excluding hydrogens is 450 g/mol. The number of hydrogen-bond donors (Lipinski definition) is 0. The first kappa shape index (κ1) is 23.6. The number of sulfonamides is 1. The maximum atomic E-state index is 14.3. The first-order chi connectivity index (χ1) is 15.8. The smallest absolute Gasteiger partial charge is 0.258 e. The lowest BCUT2D eigenvalue weighted by atomic mass is 10.1. The molecule has 2 aromatic rings. The molecule has 1 saturated carbocycles. The Balaban J connectivity index is 1.66. The molecule has 4 rings (SSSR count). The topological polar surface area (TPSA) is 66.9 Å². The third-order valence-corrected chi connectivity index (χ3v) is 8.10. The standard InChI is InChI=1S/C24H28F2N2O4S/c1-32-23-11-10-20(33(30,31)27-12-4-2-3-5-13-27)15-21(23)24(29)28(19-8-9-19)16-17-6-7-18(25)14-22(17)26/h6-7,10-11,14-15,19H,2-5,8-9,12-13,16H2,1H3. The molecule has 0 atom stereocenters. The van der Waals surface area contributed by atoms with Gasteiger partial charge in [-0.15, -0.1) is 0 Å². The third kappa shape index (κ3) is 5.19. The van der Waals surface area contributed by atoms with Crippen LogP contribution in [0.15, 0.2) is 41.3 Å². The molecule has 2 aliphatic rings. The van der Waals surface area contributed by atoms with Crippen LogP contribution in [0.1, 0.15) is 54.4 Å². The van der Waals surface area contributed by atoms with Gasteiger partial charge in [-0.05, 0) is 49.9 Å². The highest BCUT2D eigenvalue weighted by atomic mass is 32.2. The van der Waals surface area contributed by atoms with E-state index < -0.39 is 27.6 Å². The minimum absolute atomic E-state index is 0.0391. The summed E-state index contributed by atoms with van der Waals surface area (Å²) in [4.78, 5) is 15.1. The van der Waals surface area contributed by atoms with Crippen molar-refractivity contribution in [3.05, 3.63) is 59.2 Å². The van der Waals surface area contributed by atoms with E-state index in [1.54, 1.807) is 0 Å². The first-order valence-electron chi connectivity index (χ1n) is 11.2. The van der Waals surface area contributed by atoms with E-state index in [-0.39, 0.29) is 34.4 Å². The van der Waals surface area contributed by atoms with E-state index in [2.05, 4.69) is 0 Å². The number of hydrogen-bond acceptors (Lipinski definition) is 4. The van der Waals surface area contributed by atoms with Gasteiger partial charge in [0, 0.05) is 37.3 Å². The van der Waals surface area contributed by atoms with Gasteiger partial charge in [-0.25, -0.2) is 17.2 Å². The fourth-order valence-electron chi connectivity index (χ4n) is 4.19. The summed E-state index contributed by atoms with van der Waals surface area (Å²) in [5.41, 5.74) is 0.312. The van der Waals surface area contributed by atoms with Crippen molar-refractivity contribution in [2.45, 2.75) is 56.0 Å². The fourth-order valence-corrected chi connectivity index (χ4v) is 5.73. The molecule has 0 bridgehead atoms. The Bertz CT molecular complexity index is 1130. The van der Waals surface area contributed by atoms with Crippen molar-refractivity contribution in [2.24, 2.45) is 0 Å². The van der Waals surface area contributed by atoms with Crippen LogP contribution < -0.4 is 4.74 Å². The lowest BCUT2D eigenvalue weighted by Gasteiger charge is -2.25. The van der Waals surface area contributed by atoms with Crippen LogP contribution in [0.3, 0.4) is 0 Å². The van der Waals surface area contributed by atoms with Gasteiger partial charge < -0.3 is 9.64 Å². The molecule has 0 unspecified atom stereocenters. The van der Waals surface area contributed by atoms with Crippen molar-refractivity contribution in [1.29, 1.82) is 0 Å². The van der Waals surface area contributed by atoms with Crippen LogP contribution in [0.5, 0.6) is 5.75 Å². The third-order valence-electron chi connectivity index (χ3n) is 6.21. The zero-order valence-electron chi connectivity index (χ0n) is 18.6. The lowest BCUT2D eigenvalue weighted by Crippen LogP contribution is -2.34. The van der Waals surface area contributed by atoms with E-state index in [0.29, 0.717) is 13.1 Å². The first-order valence-corrected chi connectivity index (χ1v) is 12.7. The average Bonchev–Trinajstić information content (AvgIpc) is 3.65. The van der Waals surface area contributed by atoms with E-state index in [0.717, 1.165) is 50.7 Å². The van der Waals surface area contributed by atoms with E-state index in [9.17, 15) is 22.0 Å². The number of carbonyl (C=O) groups is 1. The van der Waals surface area contributed by atoms with Crippen LogP contribution in [-0.4, -0.2) is 49.8 Å². The maximum absolute atomic E-state index is 14.3. The van der Waals surface area contributed by atoms with Gasteiger partial charge >= 0.3 is 0 Å². The molecule has 33 heavy (non-hydrogen) atoms. The van der Waals surface area contributed by atoms with Crippen molar-refractivity contribution in [2.75, 3.05) is 20.2 Å². The SMILES string of the molecule is COc1ccc(S(=O)(=O)N2CCCCCC2)cc1C(=O)N(Cc1ccc(F)cc1F)C1CC1. The normalized spacial score (nSPS) is 17.4. The second-order valence-corrected chi connectivity index (χ2v) is 10.5. The van der Waals surface area contributed by atoms with Gasteiger partial charge in [0.15, 0.2) is 0 Å². The van der Waals surface area contributed by atoms with Crippen LogP contribution in [0.2, 0.25) is 0 Å². The lowest BCUT2D eigenvalue weighted by molar-refractivity contribution is 0.0724. The minimum Gasteiger partial charge on any atom is -0.496 e. The molecule has 178 valence electrons. The van der Waals surface area contributed by atoms with Crippen molar-refractivity contribution in [3.8, 4) is 5.75 Å². The number of benzene rings is 2. The van der Waals surface area contributed by atoms with E-state index in [1.807, 2.05) is 0 Å². The van der Waals surface area contributed by atoms with E-state index in [4.69, 9.17) is 4.74 Å². The van der Waals surface area contributed by atoms with Gasteiger partial charge in [-0.3, -0.25) is 4.79 Å². The quantitative estimate of drug-likeness (QED) is 0.594. The molecule has 6 nitrogen and oxygen atoms in total. The number of methoxy groups -OCH3 is 1. The van der Waals surface area contributed by atoms with Gasteiger partial charge in [-0.2, -0.15) is 4.31 Å². The maximum Gasteiger partial charge on any atom is 0.258 e. The van der Waals surface area contributed by atoms with Gasteiger partial charge in [-0.1, -0.05) is 18.9 Å². The van der Waals surface area contributed by atoms with E-state index >= 15 is 0 Å². The molecule has 1 aliphatic carbocycles. The van der Waals surface area contributed by atoms with Gasteiger partial charge in [0.2, 0.25) is 10.0 Å². The second kappa shape index (κ2) is 9.77. The summed E-state index contributed by atoms with van der Waals surface area (Å²) in [6.45, 7) is 0.868. The Morgan fingerprint density at radius 1 is 1.06 bits per heavy atom. The zero-order chi connectivity index (χ0) is 23.6. The highest BCUT2D eigenvalue weighted by Crippen LogP contribution is 2.33. The minimum atomic E-state index is -3.76. The molecule has 0 aromatic heterocycles. The van der Waals surface area contributed by atoms with Crippen LogP contribution in [0.4, 0.5) is 8.78 Å². The summed E-state index contributed by atoms with van der Waals surface area (Å²) in [5.74, 6) is -1.60. The summed E-state index contributed by atoms with van der Waals surface area (Å²) >= 11 is 0. The number of halogens is 2. The molecule has 2 aromatic carbocycles. The molecule has 1 aliphatic heterocycles. The Morgan fingerprint density at radius 2 is 1.76 bits per heavy atom. The van der Waals surface area contributed by atoms with Crippen molar-refractivity contribution in [1.82, 2.24) is 9.21 Å². The predicted molar refractivity (Wildman–Crippen MR) is 119 cm³/mol. The fraction of sp³-hybridized carbons (Fsp3) is 0.458. The molecule has 1 heterocycles. The van der Waals surface area contributed by atoms with Gasteiger partial charge in [0.05, 0.1) is 17.6 Å². The largest absolute Gasteiger partial charge is 0.496 e. The summed E-state index contributed by atoms with van der Waals surface area (Å²) in [5, 5.41) is 0. The van der Waals surface area contributed by atoms with Crippen LogP contribution in [0, 0.1) is 11.6 Å². The van der Waals surface area contributed by atoms with Gasteiger partial charge in [0.25, 0.3) is 5.91 Å². The van der Waals surface area contributed by atoms with Crippen molar-refractivity contribution < 1.29 is 26.7 Å². The zero-order valence-corrected chi connectivity index (χ0v) is 19.4. The number of carbonyl (C=O) groups excluding carboxylic acids is 1.